The molecule has 162 valence electrons. The van der Waals surface area contributed by atoms with Crippen molar-refractivity contribution in [1.82, 2.24) is 4.31 Å². The van der Waals surface area contributed by atoms with E-state index in [1.54, 1.807) is 10.5 Å². The minimum Gasteiger partial charge on any atom is -0.394 e. The molecule has 3 heterocycles. The number of amidine groups is 1. The lowest BCUT2D eigenvalue weighted by Crippen LogP contribution is -2.48. The molecule has 0 saturated carbocycles. The number of nitrogens with zero attached hydrogens (tertiary/aromatic N) is 4. The minimum atomic E-state index is -3.83. The number of sulfonamides is 1. The molecule has 1 unspecified atom stereocenters. The smallest absolute Gasteiger partial charge is 0.278 e. The third-order valence-electron chi connectivity index (χ3n) is 6.66. The maximum absolute atomic E-state index is 13.5. The molecular weight excluding hydrogens is 412 g/mol. The lowest BCUT2D eigenvalue weighted by Gasteiger charge is -2.44. The number of hydrogen-bond acceptors (Lipinski definition) is 6. The molecular formula is C23H26N4O3S. The van der Waals surface area contributed by atoms with Crippen molar-refractivity contribution < 1.29 is 13.5 Å². The van der Waals surface area contributed by atoms with E-state index in [1.165, 1.54) is 0 Å². The van der Waals surface area contributed by atoms with Crippen molar-refractivity contribution in [3.05, 3.63) is 54.1 Å². The van der Waals surface area contributed by atoms with Gasteiger partial charge in [0.1, 0.15) is 0 Å². The van der Waals surface area contributed by atoms with Gasteiger partial charge in [0.25, 0.3) is 15.2 Å². The molecule has 0 spiro atoms. The average Bonchev–Trinajstić information content (AvgIpc) is 3.42. The molecule has 4 atom stereocenters. The molecule has 0 aliphatic carbocycles. The van der Waals surface area contributed by atoms with E-state index in [0.29, 0.717) is 13.0 Å². The van der Waals surface area contributed by atoms with Crippen molar-refractivity contribution in [2.45, 2.75) is 31.5 Å². The number of aliphatic imine (C=N–C) groups is 2. The predicted molar refractivity (Wildman–Crippen MR) is 123 cm³/mol. The summed E-state index contributed by atoms with van der Waals surface area (Å²) in [5, 5.41) is 10.0. The number of likely N-dealkylation sites (N-methyl/N-ethyl adjacent to an activating group) is 1. The fraction of sp³-hybridized carbons (Fsp3) is 0.391. The summed E-state index contributed by atoms with van der Waals surface area (Å²) in [4.78, 5) is 10.4. The fourth-order valence-electron chi connectivity index (χ4n) is 5.14. The Labute approximate surface area is 182 Å². The Kier molecular flexibility index (Phi) is 4.96. The zero-order valence-corrected chi connectivity index (χ0v) is 18.4. The van der Waals surface area contributed by atoms with Crippen molar-refractivity contribution in [2.75, 3.05) is 25.1 Å². The van der Waals surface area contributed by atoms with Gasteiger partial charge in [-0.25, -0.2) is 18.4 Å². The fourth-order valence-corrected chi connectivity index (χ4v) is 6.76. The van der Waals surface area contributed by atoms with Crippen LogP contribution < -0.4 is 4.90 Å². The molecule has 31 heavy (non-hydrogen) atoms. The van der Waals surface area contributed by atoms with Gasteiger partial charge in [0, 0.05) is 31.4 Å². The number of rotatable bonds is 3. The first-order valence-corrected chi connectivity index (χ1v) is 12.0. The summed E-state index contributed by atoms with van der Waals surface area (Å²) >= 11 is 0. The molecule has 8 heteroatoms. The molecule has 2 aromatic carbocycles. The maximum Gasteiger partial charge on any atom is 0.278 e. The van der Waals surface area contributed by atoms with Gasteiger partial charge in [-0.2, -0.15) is 4.31 Å². The van der Waals surface area contributed by atoms with E-state index in [0.717, 1.165) is 22.4 Å². The summed E-state index contributed by atoms with van der Waals surface area (Å²) in [6.07, 6.45) is 2.24. The topological polar surface area (TPSA) is 85.6 Å². The van der Waals surface area contributed by atoms with Crippen LogP contribution in [0.15, 0.2) is 58.5 Å². The number of fused-ring (bicyclic) bond motifs is 3. The molecule has 0 amide bonds. The normalized spacial score (nSPS) is 27.8. The van der Waals surface area contributed by atoms with Gasteiger partial charge in [0.2, 0.25) is 0 Å². The van der Waals surface area contributed by atoms with Gasteiger partial charge in [-0.1, -0.05) is 36.4 Å². The Bertz CT molecular complexity index is 1160. The molecule has 7 nitrogen and oxygen atoms in total. The molecule has 1 N–H and O–H groups in total. The van der Waals surface area contributed by atoms with Crippen molar-refractivity contribution in [1.29, 1.82) is 0 Å². The van der Waals surface area contributed by atoms with Crippen LogP contribution in [0.4, 0.5) is 5.69 Å². The van der Waals surface area contributed by atoms with Crippen molar-refractivity contribution >= 4 is 27.1 Å². The molecule has 1 saturated heterocycles. The molecule has 0 aromatic heterocycles. The molecule has 0 radical (unpaired) electrons. The molecule has 3 aliphatic rings. The minimum absolute atomic E-state index is 0.00768. The largest absolute Gasteiger partial charge is 0.394 e. The highest BCUT2D eigenvalue weighted by molar-refractivity contribution is 8.04. The van der Waals surface area contributed by atoms with Crippen molar-refractivity contribution in [3.63, 3.8) is 0 Å². The number of benzene rings is 2. The van der Waals surface area contributed by atoms with Gasteiger partial charge in [0.15, 0.2) is 0 Å². The summed E-state index contributed by atoms with van der Waals surface area (Å²) < 4.78 is 28.5. The van der Waals surface area contributed by atoms with Gasteiger partial charge >= 0.3 is 0 Å². The maximum atomic E-state index is 13.5. The molecule has 5 rings (SSSR count). The van der Waals surface area contributed by atoms with Crippen LogP contribution in [0.25, 0.3) is 11.1 Å². The standard InChI is InChI=1S/C23H26N4O3S/c1-15-13-24-23(25-15)31(29,30)27-11-10-18-21(14-28)26(2)20-9-8-17(12-19(20)22(18)27)16-6-4-3-5-7-16/h3-9,12-13,15,18,21-22,28H,10-11,14H2,1-2H3/t15?,18-,21-,22-/m1/s1. The van der Waals surface area contributed by atoms with Gasteiger partial charge in [-0.3, -0.25) is 0 Å². The summed E-state index contributed by atoms with van der Waals surface area (Å²) in [6.45, 7) is 2.18. The molecule has 3 aliphatic heterocycles. The van der Waals surface area contributed by atoms with Crippen LogP contribution in [0, 0.1) is 5.92 Å². The van der Waals surface area contributed by atoms with Crippen LogP contribution in [0.2, 0.25) is 0 Å². The molecule has 2 aromatic rings. The van der Waals surface area contributed by atoms with Crippen LogP contribution >= 0.6 is 0 Å². The Morgan fingerprint density at radius 1 is 1.13 bits per heavy atom. The van der Waals surface area contributed by atoms with E-state index in [4.69, 9.17) is 0 Å². The third kappa shape index (κ3) is 3.21. The van der Waals surface area contributed by atoms with Gasteiger partial charge in [-0.05, 0) is 42.2 Å². The second-order valence-corrected chi connectivity index (χ2v) is 10.2. The third-order valence-corrected chi connectivity index (χ3v) is 8.36. The second-order valence-electron chi connectivity index (χ2n) is 8.44. The number of hydrogen-bond donors (Lipinski definition) is 1. The van der Waals surface area contributed by atoms with E-state index in [9.17, 15) is 13.5 Å². The number of aliphatic hydroxyl groups excluding tert-OH is 1. The first kappa shape index (κ1) is 20.4. The van der Waals surface area contributed by atoms with Crippen LogP contribution in [-0.2, 0) is 10.0 Å². The van der Waals surface area contributed by atoms with Crippen LogP contribution in [0.1, 0.15) is 24.9 Å². The lowest BCUT2D eigenvalue weighted by atomic mass is 9.81. The zero-order valence-electron chi connectivity index (χ0n) is 17.6. The predicted octanol–water partition coefficient (Wildman–Crippen LogP) is 2.69. The van der Waals surface area contributed by atoms with Crippen molar-refractivity contribution in [3.8, 4) is 11.1 Å². The van der Waals surface area contributed by atoms with E-state index in [-0.39, 0.29) is 35.8 Å². The first-order valence-electron chi connectivity index (χ1n) is 10.6. The van der Waals surface area contributed by atoms with Gasteiger partial charge < -0.3 is 10.0 Å². The van der Waals surface area contributed by atoms with Gasteiger partial charge in [-0.15, -0.1) is 0 Å². The number of anilines is 1. The Morgan fingerprint density at radius 3 is 2.58 bits per heavy atom. The Morgan fingerprint density at radius 2 is 1.90 bits per heavy atom. The lowest BCUT2D eigenvalue weighted by molar-refractivity contribution is 0.193. The van der Waals surface area contributed by atoms with Crippen LogP contribution in [-0.4, -0.2) is 61.5 Å². The monoisotopic (exact) mass is 438 g/mol. The molecule has 1 fully saturated rings. The summed E-state index contributed by atoms with van der Waals surface area (Å²) in [5.74, 6) is -0.00768. The van der Waals surface area contributed by atoms with E-state index in [1.807, 2.05) is 38.2 Å². The Hall–Kier alpha value is -2.55. The second kappa shape index (κ2) is 7.55. The van der Waals surface area contributed by atoms with Crippen LogP contribution in [0.3, 0.4) is 0 Å². The van der Waals surface area contributed by atoms with Gasteiger partial charge in [0.05, 0.1) is 24.7 Å². The zero-order chi connectivity index (χ0) is 21.8. The van der Waals surface area contributed by atoms with E-state index < -0.39 is 10.0 Å². The SMILES string of the molecule is CC1C=NC(S(=O)(=O)N2CC[C@@H]3[C@@H](CO)N(C)c4ccc(-c5ccccc5)cc4[C@@H]32)=N1. The highest BCUT2D eigenvalue weighted by atomic mass is 32.2. The average molecular weight is 439 g/mol. The van der Waals surface area contributed by atoms with Crippen molar-refractivity contribution in [2.24, 2.45) is 15.9 Å². The quantitative estimate of drug-likeness (QED) is 0.798. The number of aliphatic hydroxyl groups is 1. The summed E-state index contributed by atoms with van der Waals surface area (Å²) in [7, 11) is -1.85. The van der Waals surface area contributed by atoms with Crippen LogP contribution in [0.5, 0.6) is 0 Å². The van der Waals surface area contributed by atoms with E-state index >= 15 is 0 Å². The first-order chi connectivity index (χ1) is 14.9. The van der Waals surface area contributed by atoms with E-state index in [2.05, 4.69) is 39.2 Å². The molecule has 0 bridgehead atoms. The Balaban J connectivity index is 1.64. The highest BCUT2D eigenvalue weighted by Crippen LogP contribution is 2.50. The highest BCUT2D eigenvalue weighted by Gasteiger charge is 2.51. The summed E-state index contributed by atoms with van der Waals surface area (Å²) in [6, 6.07) is 15.5. The summed E-state index contributed by atoms with van der Waals surface area (Å²) in [5.41, 5.74) is 4.05.